The third-order valence-electron chi connectivity index (χ3n) is 4.94. The molecule has 142 valence electrons. The molecule has 1 aliphatic heterocycles. The molecule has 2 unspecified atom stereocenters. The highest BCUT2D eigenvalue weighted by atomic mass is 35.5. The second kappa shape index (κ2) is 7.67. The first kappa shape index (κ1) is 18.5. The summed E-state index contributed by atoms with van der Waals surface area (Å²) in [6.07, 6.45) is 1.90. The Morgan fingerprint density at radius 2 is 2.07 bits per heavy atom. The molecule has 3 aromatic rings. The molecular formula is C22H18ClFN2O2. The highest BCUT2D eigenvalue weighted by Crippen LogP contribution is 2.44. The molecule has 0 fully saturated rings. The van der Waals surface area contributed by atoms with Gasteiger partial charge in [0.1, 0.15) is 12.2 Å². The minimum Gasteiger partial charge on any atom is -0.493 e. The maximum absolute atomic E-state index is 14.4. The first-order valence-electron chi connectivity index (χ1n) is 8.96. The summed E-state index contributed by atoms with van der Waals surface area (Å²) in [6, 6.07) is 16.5. The van der Waals surface area contributed by atoms with Gasteiger partial charge in [0.05, 0.1) is 24.6 Å². The van der Waals surface area contributed by atoms with Crippen molar-refractivity contribution in [1.29, 1.82) is 5.26 Å². The lowest BCUT2D eigenvalue weighted by atomic mass is 9.98. The number of aromatic nitrogens is 1. The van der Waals surface area contributed by atoms with E-state index < -0.39 is 11.9 Å². The summed E-state index contributed by atoms with van der Waals surface area (Å²) in [5.74, 6) is -0.311. The van der Waals surface area contributed by atoms with Gasteiger partial charge in [-0.3, -0.25) is 0 Å². The molecule has 4 nitrogen and oxygen atoms in total. The molecular weight excluding hydrogens is 379 g/mol. The molecule has 0 saturated heterocycles. The average molecular weight is 397 g/mol. The molecule has 4 rings (SSSR count). The Kier molecular flexibility index (Phi) is 5.08. The molecule has 28 heavy (non-hydrogen) atoms. The number of hydrogen-bond donors (Lipinski definition) is 0. The largest absolute Gasteiger partial charge is 0.493 e. The summed E-state index contributed by atoms with van der Waals surface area (Å²) in [5.41, 5.74) is 3.24. The number of ether oxygens (including phenoxy) is 2. The summed E-state index contributed by atoms with van der Waals surface area (Å²) >= 11 is 6.30. The molecule has 2 aromatic carbocycles. The zero-order chi connectivity index (χ0) is 19.7. The minimum atomic E-state index is -0.594. The van der Waals surface area contributed by atoms with Crippen molar-refractivity contribution in [2.24, 2.45) is 0 Å². The second-order valence-electron chi connectivity index (χ2n) is 6.57. The third-order valence-corrected chi connectivity index (χ3v) is 5.18. The molecule has 2 atom stereocenters. The van der Waals surface area contributed by atoms with Gasteiger partial charge in [-0.15, -0.1) is 0 Å². The van der Waals surface area contributed by atoms with Crippen LogP contribution in [0.4, 0.5) is 4.39 Å². The van der Waals surface area contributed by atoms with Crippen molar-refractivity contribution in [3.8, 4) is 17.5 Å². The van der Waals surface area contributed by atoms with Crippen molar-refractivity contribution in [1.82, 2.24) is 4.57 Å². The van der Waals surface area contributed by atoms with Crippen LogP contribution in [0, 0.1) is 17.1 Å². The van der Waals surface area contributed by atoms with Crippen molar-refractivity contribution in [2.45, 2.75) is 25.0 Å². The van der Waals surface area contributed by atoms with Crippen LogP contribution in [0.15, 0.2) is 54.7 Å². The third kappa shape index (κ3) is 3.15. The van der Waals surface area contributed by atoms with E-state index in [1.165, 1.54) is 13.2 Å². The van der Waals surface area contributed by atoms with Gasteiger partial charge < -0.3 is 14.0 Å². The number of benzene rings is 2. The number of hydrogen-bond acceptors (Lipinski definition) is 3. The smallest absolute Gasteiger partial charge is 0.165 e. The average Bonchev–Trinajstić information content (AvgIpc) is 3.13. The second-order valence-corrected chi connectivity index (χ2v) is 7.01. The topological polar surface area (TPSA) is 47.2 Å². The monoisotopic (exact) mass is 396 g/mol. The fraction of sp³-hybridized carbons (Fsp3) is 0.227. The summed E-state index contributed by atoms with van der Waals surface area (Å²) < 4.78 is 28.3. The fourth-order valence-corrected chi connectivity index (χ4v) is 3.92. The van der Waals surface area contributed by atoms with E-state index in [4.69, 9.17) is 26.3 Å². The van der Waals surface area contributed by atoms with Crippen LogP contribution in [0.1, 0.15) is 41.9 Å². The van der Waals surface area contributed by atoms with Crippen molar-refractivity contribution >= 4 is 11.6 Å². The highest BCUT2D eigenvalue weighted by molar-refractivity contribution is 6.30. The van der Waals surface area contributed by atoms with E-state index in [9.17, 15) is 4.39 Å². The quantitative estimate of drug-likeness (QED) is 0.564. The van der Waals surface area contributed by atoms with Crippen molar-refractivity contribution in [2.75, 3.05) is 7.11 Å². The molecule has 0 saturated carbocycles. The predicted molar refractivity (Wildman–Crippen MR) is 104 cm³/mol. The standard InChI is InChI=1S/C22H18ClFN2O2/c1-27-22-15(5-2-6-17(22)24)21-16-13-14(23)9-10-18(16)26-12-4-7-19(26)20(28-21)8-3-11-25/h2,4-7,9-10,12-13,20-21H,3,8H2,1H3. The van der Waals surface area contributed by atoms with Gasteiger partial charge in [-0.25, -0.2) is 4.39 Å². The van der Waals surface area contributed by atoms with Gasteiger partial charge in [0, 0.05) is 28.8 Å². The zero-order valence-corrected chi connectivity index (χ0v) is 16.0. The first-order chi connectivity index (χ1) is 13.6. The lowest BCUT2D eigenvalue weighted by Gasteiger charge is -2.24. The number of methoxy groups -OCH3 is 1. The maximum atomic E-state index is 14.4. The van der Waals surface area contributed by atoms with Crippen LogP contribution >= 0.6 is 11.6 Å². The van der Waals surface area contributed by atoms with E-state index in [1.54, 1.807) is 12.1 Å². The molecule has 0 spiro atoms. The molecule has 1 aromatic heterocycles. The van der Waals surface area contributed by atoms with Crippen molar-refractivity contribution in [3.05, 3.63) is 82.4 Å². The van der Waals surface area contributed by atoms with Gasteiger partial charge in [0.15, 0.2) is 11.6 Å². The van der Waals surface area contributed by atoms with Crippen LogP contribution < -0.4 is 4.74 Å². The van der Waals surface area contributed by atoms with Crippen molar-refractivity contribution in [3.63, 3.8) is 0 Å². The summed E-state index contributed by atoms with van der Waals surface area (Å²) in [4.78, 5) is 0. The van der Waals surface area contributed by atoms with Gasteiger partial charge in [-0.05, 0) is 42.8 Å². The lowest BCUT2D eigenvalue weighted by molar-refractivity contribution is 0.00185. The Hall–Kier alpha value is -2.81. The number of nitriles is 1. The van der Waals surface area contributed by atoms with Crippen LogP contribution in [-0.4, -0.2) is 11.7 Å². The van der Waals surface area contributed by atoms with Gasteiger partial charge in [0.25, 0.3) is 0 Å². The molecule has 0 amide bonds. The van der Waals surface area contributed by atoms with Crippen LogP contribution in [0.2, 0.25) is 5.02 Å². The maximum Gasteiger partial charge on any atom is 0.165 e. The number of halogens is 2. The van der Waals surface area contributed by atoms with E-state index in [0.717, 1.165) is 16.9 Å². The summed E-state index contributed by atoms with van der Waals surface area (Å²) in [5, 5.41) is 9.64. The van der Waals surface area contributed by atoms with E-state index in [2.05, 4.69) is 6.07 Å². The van der Waals surface area contributed by atoms with Crippen molar-refractivity contribution < 1.29 is 13.9 Å². The summed E-state index contributed by atoms with van der Waals surface area (Å²) in [7, 11) is 1.44. The Bertz CT molecular complexity index is 1060. The summed E-state index contributed by atoms with van der Waals surface area (Å²) in [6.45, 7) is 0. The Morgan fingerprint density at radius 3 is 2.86 bits per heavy atom. The van der Waals surface area contributed by atoms with E-state index >= 15 is 0 Å². The first-order valence-corrected chi connectivity index (χ1v) is 9.33. The van der Waals surface area contributed by atoms with Crippen LogP contribution in [0.5, 0.6) is 5.75 Å². The number of fused-ring (bicyclic) bond motifs is 3. The van der Waals surface area contributed by atoms with Crippen LogP contribution in [-0.2, 0) is 4.74 Å². The fourth-order valence-electron chi connectivity index (χ4n) is 3.74. The highest BCUT2D eigenvalue weighted by Gasteiger charge is 2.32. The molecule has 1 aliphatic rings. The predicted octanol–water partition coefficient (Wildman–Crippen LogP) is 5.74. The lowest BCUT2D eigenvalue weighted by Crippen LogP contribution is -2.12. The normalized spacial score (nSPS) is 17.9. The number of rotatable bonds is 4. The van der Waals surface area contributed by atoms with Crippen LogP contribution in [0.25, 0.3) is 5.69 Å². The minimum absolute atomic E-state index is 0.143. The van der Waals surface area contributed by atoms with Gasteiger partial charge in [0.2, 0.25) is 0 Å². The Morgan fingerprint density at radius 1 is 1.21 bits per heavy atom. The van der Waals surface area contributed by atoms with Gasteiger partial charge in [-0.1, -0.05) is 23.7 Å². The molecule has 2 heterocycles. The molecule has 0 radical (unpaired) electrons. The van der Waals surface area contributed by atoms with Gasteiger partial charge >= 0.3 is 0 Å². The molecule has 0 aliphatic carbocycles. The molecule has 0 bridgehead atoms. The van der Waals surface area contributed by atoms with E-state index in [1.807, 2.05) is 41.1 Å². The zero-order valence-electron chi connectivity index (χ0n) is 15.2. The van der Waals surface area contributed by atoms with Gasteiger partial charge in [-0.2, -0.15) is 5.26 Å². The Balaban J connectivity index is 1.94. The van der Waals surface area contributed by atoms with E-state index in [-0.39, 0.29) is 11.9 Å². The van der Waals surface area contributed by atoms with E-state index in [0.29, 0.717) is 23.4 Å². The Labute approximate surface area is 167 Å². The molecule has 6 heteroatoms. The van der Waals surface area contributed by atoms with Crippen LogP contribution in [0.3, 0.4) is 0 Å². The number of para-hydroxylation sites is 1. The molecule has 0 N–H and O–H groups in total. The SMILES string of the molecule is COc1c(F)cccc1C1OC(CCC#N)c2cccn2-c2ccc(Cl)cc21. The number of nitrogens with zero attached hydrogens (tertiary/aromatic N) is 2.